The zero-order valence-corrected chi connectivity index (χ0v) is 23.0. The summed E-state index contributed by atoms with van der Waals surface area (Å²) in [5.74, 6) is 0. The summed E-state index contributed by atoms with van der Waals surface area (Å²) in [6, 6.07) is 34.4. The smallest absolute Gasteiger partial charge is 0.135 e. The van der Waals surface area contributed by atoms with Crippen molar-refractivity contribution < 1.29 is 8.83 Å². The van der Waals surface area contributed by atoms with Gasteiger partial charge in [-0.25, -0.2) is 0 Å². The van der Waals surface area contributed by atoms with Crippen LogP contribution in [0.3, 0.4) is 0 Å². The van der Waals surface area contributed by atoms with Gasteiger partial charge in [0.05, 0.1) is 10.7 Å². The Morgan fingerprint density at radius 1 is 0.676 bits per heavy atom. The standard InChI is InChI=1S/C15H12O.C12H13BrO.C6H7N/c1-2-6-12(7-3-1)10-13-11-16-15-9-5-4-8-14(13)15;1-12(2,3)8-4-5-11-9(6-8)10(13)7-14-11;7-6-4-2-1-3-5-6/h1-9,11H,10H2;4-7H,1-3H3;1-5H,7H2. The van der Waals surface area contributed by atoms with E-state index in [1.807, 2.05) is 66.9 Å². The first-order chi connectivity index (χ1) is 17.8. The fourth-order valence-electron chi connectivity index (χ4n) is 3.90. The number of para-hydroxylation sites is 2. The van der Waals surface area contributed by atoms with Crippen molar-refractivity contribution in [2.45, 2.75) is 32.6 Å². The molecule has 0 bridgehead atoms. The van der Waals surface area contributed by atoms with Crippen LogP contribution in [-0.2, 0) is 11.8 Å². The Morgan fingerprint density at radius 2 is 1.27 bits per heavy atom. The summed E-state index contributed by atoms with van der Waals surface area (Å²) in [6.07, 6.45) is 4.52. The van der Waals surface area contributed by atoms with E-state index in [9.17, 15) is 0 Å². The molecular formula is C33H32BrNO2. The predicted octanol–water partition coefficient (Wildman–Crippen LogP) is 9.79. The van der Waals surface area contributed by atoms with Crippen molar-refractivity contribution in [3.8, 4) is 0 Å². The quantitative estimate of drug-likeness (QED) is 0.217. The molecule has 0 radical (unpaired) electrons. The Hall–Kier alpha value is -3.76. The minimum absolute atomic E-state index is 0.185. The number of hydrogen-bond donors (Lipinski definition) is 1. The summed E-state index contributed by atoms with van der Waals surface area (Å²) < 4.78 is 11.9. The monoisotopic (exact) mass is 553 g/mol. The first-order valence-corrected chi connectivity index (χ1v) is 13.1. The Balaban J connectivity index is 0.000000139. The van der Waals surface area contributed by atoms with E-state index in [0.717, 1.165) is 33.1 Å². The van der Waals surface area contributed by atoms with Crippen molar-refractivity contribution in [1.29, 1.82) is 0 Å². The highest BCUT2D eigenvalue weighted by Crippen LogP contribution is 2.31. The molecule has 6 rings (SSSR count). The van der Waals surface area contributed by atoms with E-state index in [4.69, 9.17) is 14.6 Å². The molecular weight excluding hydrogens is 522 g/mol. The number of furan rings is 2. The van der Waals surface area contributed by atoms with Crippen LogP contribution in [0.4, 0.5) is 5.69 Å². The van der Waals surface area contributed by atoms with E-state index >= 15 is 0 Å². The number of halogens is 1. The molecule has 4 heteroatoms. The van der Waals surface area contributed by atoms with E-state index in [-0.39, 0.29) is 5.41 Å². The van der Waals surface area contributed by atoms with E-state index in [2.05, 4.69) is 79.2 Å². The van der Waals surface area contributed by atoms with Gasteiger partial charge in [-0.05, 0) is 62.8 Å². The molecule has 0 fully saturated rings. The van der Waals surface area contributed by atoms with Gasteiger partial charge in [0.15, 0.2) is 0 Å². The molecule has 3 nitrogen and oxygen atoms in total. The number of benzene rings is 4. The van der Waals surface area contributed by atoms with Crippen molar-refractivity contribution in [2.24, 2.45) is 0 Å². The van der Waals surface area contributed by atoms with E-state index in [0.29, 0.717) is 0 Å². The summed E-state index contributed by atoms with van der Waals surface area (Å²) >= 11 is 3.47. The second-order valence-electron chi connectivity index (χ2n) is 9.87. The molecule has 0 amide bonds. The lowest BCUT2D eigenvalue weighted by molar-refractivity contribution is 0.589. The molecule has 0 spiro atoms. The lowest BCUT2D eigenvalue weighted by Crippen LogP contribution is -2.10. The van der Waals surface area contributed by atoms with E-state index in [1.165, 1.54) is 22.1 Å². The van der Waals surface area contributed by atoms with Crippen molar-refractivity contribution in [3.63, 3.8) is 0 Å². The number of hydrogen-bond acceptors (Lipinski definition) is 3. The molecule has 0 aliphatic rings. The third kappa shape index (κ3) is 7.14. The number of fused-ring (bicyclic) bond motifs is 2. The molecule has 2 aromatic heterocycles. The minimum atomic E-state index is 0.185. The van der Waals surface area contributed by atoms with Crippen molar-refractivity contribution in [3.05, 3.63) is 137 Å². The number of anilines is 1. The Bertz CT molecular complexity index is 1540. The van der Waals surface area contributed by atoms with Crippen LogP contribution in [0.5, 0.6) is 0 Å². The summed E-state index contributed by atoms with van der Waals surface area (Å²) in [7, 11) is 0. The predicted molar refractivity (Wildman–Crippen MR) is 159 cm³/mol. The van der Waals surface area contributed by atoms with Gasteiger partial charge in [-0.15, -0.1) is 0 Å². The third-order valence-electron chi connectivity index (χ3n) is 5.99. The van der Waals surface area contributed by atoms with Crippen molar-refractivity contribution in [1.82, 2.24) is 0 Å². The summed E-state index contributed by atoms with van der Waals surface area (Å²) in [4.78, 5) is 0. The lowest BCUT2D eigenvalue weighted by atomic mass is 9.86. The van der Waals surface area contributed by atoms with Gasteiger partial charge in [0.25, 0.3) is 0 Å². The molecule has 0 aliphatic heterocycles. The molecule has 2 N–H and O–H groups in total. The van der Waals surface area contributed by atoms with Gasteiger partial charge in [0.1, 0.15) is 17.4 Å². The van der Waals surface area contributed by atoms with Crippen LogP contribution in [0.2, 0.25) is 0 Å². The molecule has 37 heavy (non-hydrogen) atoms. The second kappa shape index (κ2) is 12.0. The van der Waals surface area contributed by atoms with E-state index in [1.54, 1.807) is 6.26 Å². The first kappa shape index (κ1) is 26.3. The molecule has 0 saturated carbocycles. The van der Waals surface area contributed by atoms with Gasteiger partial charge in [-0.2, -0.15) is 0 Å². The molecule has 6 aromatic rings. The summed E-state index contributed by atoms with van der Waals surface area (Å²) in [5, 5.41) is 2.36. The first-order valence-electron chi connectivity index (χ1n) is 12.3. The second-order valence-corrected chi connectivity index (χ2v) is 10.7. The maximum absolute atomic E-state index is 5.52. The lowest BCUT2D eigenvalue weighted by Gasteiger charge is -2.18. The van der Waals surface area contributed by atoms with Gasteiger partial charge in [0.2, 0.25) is 0 Å². The fourth-order valence-corrected chi connectivity index (χ4v) is 4.31. The van der Waals surface area contributed by atoms with Gasteiger partial charge >= 0.3 is 0 Å². The number of nitrogen functional groups attached to an aromatic ring is 1. The van der Waals surface area contributed by atoms with Crippen molar-refractivity contribution in [2.75, 3.05) is 5.73 Å². The Kier molecular flexibility index (Phi) is 8.52. The van der Waals surface area contributed by atoms with Crippen LogP contribution in [0.1, 0.15) is 37.5 Å². The highest BCUT2D eigenvalue weighted by Gasteiger charge is 2.15. The molecule has 4 aromatic carbocycles. The minimum Gasteiger partial charge on any atom is -0.464 e. The topological polar surface area (TPSA) is 52.3 Å². The molecule has 2 heterocycles. The third-order valence-corrected chi connectivity index (χ3v) is 6.60. The average Bonchev–Trinajstić information content (AvgIpc) is 3.49. The van der Waals surface area contributed by atoms with E-state index < -0.39 is 0 Å². The maximum atomic E-state index is 5.52. The number of rotatable bonds is 2. The molecule has 0 atom stereocenters. The van der Waals surface area contributed by atoms with Crippen LogP contribution in [0, 0.1) is 0 Å². The van der Waals surface area contributed by atoms with Crippen LogP contribution < -0.4 is 5.73 Å². The van der Waals surface area contributed by atoms with Crippen LogP contribution in [-0.4, -0.2) is 0 Å². The number of nitrogens with two attached hydrogens (primary N) is 1. The molecule has 0 aliphatic carbocycles. The Morgan fingerprint density at radius 3 is 1.92 bits per heavy atom. The van der Waals surface area contributed by atoms with Gasteiger partial charge in [0, 0.05) is 28.4 Å². The summed E-state index contributed by atoms with van der Waals surface area (Å²) in [6.45, 7) is 6.63. The molecule has 0 unspecified atom stereocenters. The normalized spacial score (nSPS) is 10.9. The fraction of sp³-hybridized carbons (Fsp3) is 0.152. The SMILES string of the molecule is CC(C)(C)c1ccc2occ(Br)c2c1.Nc1ccccc1.c1ccc(Cc2coc3ccccc23)cc1. The Labute approximate surface area is 227 Å². The largest absolute Gasteiger partial charge is 0.464 e. The van der Waals surface area contributed by atoms with Gasteiger partial charge in [-0.1, -0.05) is 93.6 Å². The zero-order valence-electron chi connectivity index (χ0n) is 21.4. The highest BCUT2D eigenvalue weighted by atomic mass is 79.9. The van der Waals surface area contributed by atoms with Crippen LogP contribution in [0.15, 0.2) is 129 Å². The molecule has 188 valence electrons. The summed E-state index contributed by atoms with van der Waals surface area (Å²) in [5.41, 5.74) is 12.2. The molecule has 0 saturated heterocycles. The van der Waals surface area contributed by atoms with Crippen LogP contribution >= 0.6 is 15.9 Å². The van der Waals surface area contributed by atoms with Gasteiger partial charge in [-0.3, -0.25) is 0 Å². The average molecular weight is 555 g/mol. The van der Waals surface area contributed by atoms with Crippen molar-refractivity contribution >= 4 is 43.6 Å². The highest BCUT2D eigenvalue weighted by molar-refractivity contribution is 9.10. The maximum Gasteiger partial charge on any atom is 0.135 e. The van der Waals surface area contributed by atoms with Gasteiger partial charge < -0.3 is 14.6 Å². The van der Waals surface area contributed by atoms with Crippen LogP contribution in [0.25, 0.3) is 21.9 Å². The zero-order chi connectivity index (χ0) is 26.3.